The van der Waals surface area contributed by atoms with Crippen LogP contribution >= 0.6 is 11.8 Å². The molecule has 20 heavy (non-hydrogen) atoms. The van der Waals surface area contributed by atoms with Crippen LogP contribution < -0.4 is 5.32 Å². The summed E-state index contributed by atoms with van der Waals surface area (Å²) in [6.45, 7) is 6.35. The molecule has 0 spiro atoms. The number of hydrogen-bond acceptors (Lipinski definition) is 4. The Morgan fingerprint density at radius 3 is 2.35 bits per heavy atom. The molecule has 0 saturated carbocycles. The number of aromatic nitrogens is 2. The van der Waals surface area contributed by atoms with Gasteiger partial charge in [0, 0.05) is 28.8 Å². The van der Waals surface area contributed by atoms with Gasteiger partial charge in [0.2, 0.25) is 0 Å². The van der Waals surface area contributed by atoms with Gasteiger partial charge in [-0.1, -0.05) is 26.0 Å². The van der Waals surface area contributed by atoms with Crippen LogP contribution in [0.1, 0.15) is 25.1 Å². The predicted molar refractivity (Wildman–Crippen MR) is 87.5 cm³/mol. The number of nitrogens with one attached hydrogen (secondary N) is 1. The molecule has 0 aliphatic heterocycles. The lowest BCUT2D eigenvalue weighted by Gasteiger charge is -2.11. The SMILES string of the molecule is CCSc1ccc(-c2nc(CC)c(C)c(NC)n2)cc1. The van der Waals surface area contributed by atoms with Crippen molar-refractivity contribution in [3.63, 3.8) is 0 Å². The average Bonchev–Trinajstić information content (AvgIpc) is 2.49. The molecule has 1 aromatic carbocycles. The Labute approximate surface area is 125 Å². The molecule has 0 aliphatic carbocycles. The largest absolute Gasteiger partial charge is 0.373 e. The van der Waals surface area contributed by atoms with Gasteiger partial charge in [0.1, 0.15) is 5.82 Å². The van der Waals surface area contributed by atoms with Gasteiger partial charge in [0.15, 0.2) is 5.82 Å². The highest BCUT2D eigenvalue weighted by molar-refractivity contribution is 7.99. The number of nitrogens with zero attached hydrogens (tertiary/aromatic N) is 2. The summed E-state index contributed by atoms with van der Waals surface area (Å²) in [6, 6.07) is 8.47. The third kappa shape index (κ3) is 3.12. The van der Waals surface area contributed by atoms with Gasteiger partial charge in [-0.25, -0.2) is 9.97 Å². The van der Waals surface area contributed by atoms with Gasteiger partial charge in [-0.15, -0.1) is 11.8 Å². The molecule has 0 aliphatic rings. The van der Waals surface area contributed by atoms with Crippen LogP contribution in [0.2, 0.25) is 0 Å². The molecule has 0 unspecified atom stereocenters. The van der Waals surface area contributed by atoms with E-state index in [0.717, 1.165) is 40.6 Å². The van der Waals surface area contributed by atoms with Crippen molar-refractivity contribution in [2.75, 3.05) is 18.1 Å². The van der Waals surface area contributed by atoms with E-state index in [4.69, 9.17) is 0 Å². The maximum atomic E-state index is 4.69. The fourth-order valence-electron chi connectivity index (χ4n) is 2.15. The summed E-state index contributed by atoms with van der Waals surface area (Å²) in [6.07, 6.45) is 0.916. The normalized spacial score (nSPS) is 10.6. The molecular formula is C16H21N3S. The van der Waals surface area contributed by atoms with Crippen molar-refractivity contribution < 1.29 is 0 Å². The Morgan fingerprint density at radius 2 is 1.80 bits per heavy atom. The van der Waals surface area contributed by atoms with Crippen LogP contribution in [0.15, 0.2) is 29.2 Å². The van der Waals surface area contributed by atoms with Crippen LogP contribution in [0, 0.1) is 6.92 Å². The second-order valence-corrected chi connectivity index (χ2v) is 5.87. The quantitative estimate of drug-likeness (QED) is 0.838. The number of anilines is 1. The summed E-state index contributed by atoms with van der Waals surface area (Å²) in [7, 11) is 1.90. The molecule has 1 heterocycles. The molecule has 0 radical (unpaired) electrons. The molecule has 106 valence electrons. The number of hydrogen-bond donors (Lipinski definition) is 1. The van der Waals surface area contributed by atoms with Crippen molar-refractivity contribution in [3.8, 4) is 11.4 Å². The topological polar surface area (TPSA) is 37.8 Å². The number of aryl methyl sites for hydroxylation is 1. The van der Waals surface area contributed by atoms with Crippen LogP contribution in [0.5, 0.6) is 0 Å². The fraction of sp³-hybridized carbons (Fsp3) is 0.375. The zero-order chi connectivity index (χ0) is 14.5. The Hall–Kier alpha value is -1.55. The van der Waals surface area contributed by atoms with Gasteiger partial charge >= 0.3 is 0 Å². The molecule has 1 aromatic heterocycles. The Morgan fingerprint density at radius 1 is 1.10 bits per heavy atom. The van der Waals surface area contributed by atoms with Crippen LogP contribution in [0.25, 0.3) is 11.4 Å². The Kier molecular flexibility index (Phi) is 5.01. The lowest BCUT2D eigenvalue weighted by molar-refractivity contribution is 0.977. The molecule has 0 saturated heterocycles. The molecule has 0 atom stereocenters. The molecule has 2 aromatic rings. The highest BCUT2D eigenvalue weighted by Gasteiger charge is 2.10. The summed E-state index contributed by atoms with van der Waals surface area (Å²) in [5, 5.41) is 3.16. The van der Waals surface area contributed by atoms with Crippen molar-refractivity contribution in [3.05, 3.63) is 35.5 Å². The van der Waals surface area contributed by atoms with E-state index in [1.54, 1.807) is 0 Å². The van der Waals surface area contributed by atoms with Gasteiger partial charge in [0.25, 0.3) is 0 Å². The minimum absolute atomic E-state index is 0.796. The molecular weight excluding hydrogens is 266 g/mol. The molecule has 2 rings (SSSR count). The minimum Gasteiger partial charge on any atom is -0.373 e. The standard InChI is InChI=1S/C16H21N3S/c1-5-14-11(3)15(17-4)19-16(18-14)12-7-9-13(10-8-12)20-6-2/h7-10H,5-6H2,1-4H3,(H,17,18,19). The first kappa shape index (κ1) is 14.9. The van der Waals surface area contributed by atoms with Crippen molar-refractivity contribution >= 4 is 17.6 Å². The summed E-state index contributed by atoms with van der Waals surface area (Å²) in [4.78, 5) is 10.6. The minimum atomic E-state index is 0.796. The molecule has 0 amide bonds. The molecule has 0 bridgehead atoms. The summed E-state index contributed by atoms with van der Waals surface area (Å²) in [5.41, 5.74) is 3.31. The van der Waals surface area contributed by atoms with E-state index in [-0.39, 0.29) is 0 Å². The number of rotatable bonds is 5. The van der Waals surface area contributed by atoms with Crippen LogP contribution in [0.4, 0.5) is 5.82 Å². The summed E-state index contributed by atoms with van der Waals surface area (Å²) in [5.74, 6) is 2.80. The number of benzene rings is 1. The third-order valence-corrected chi connectivity index (χ3v) is 4.14. The zero-order valence-corrected chi connectivity index (χ0v) is 13.3. The molecule has 3 nitrogen and oxygen atoms in total. The highest BCUT2D eigenvalue weighted by Crippen LogP contribution is 2.25. The van der Waals surface area contributed by atoms with E-state index in [2.05, 4.69) is 60.3 Å². The monoisotopic (exact) mass is 287 g/mol. The van der Waals surface area contributed by atoms with Crippen molar-refractivity contribution in [2.24, 2.45) is 0 Å². The fourth-order valence-corrected chi connectivity index (χ4v) is 2.81. The smallest absolute Gasteiger partial charge is 0.161 e. The number of thioether (sulfide) groups is 1. The third-order valence-electron chi connectivity index (χ3n) is 3.24. The Balaban J connectivity index is 2.41. The second-order valence-electron chi connectivity index (χ2n) is 4.53. The Bertz CT molecular complexity index is 554. The van der Waals surface area contributed by atoms with Gasteiger partial charge in [-0.2, -0.15) is 0 Å². The highest BCUT2D eigenvalue weighted by atomic mass is 32.2. The van der Waals surface area contributed by atoms with Gasteiger partial charge in [-0.05, 0) is 31.2 Å². The zero-order valence-electron chi connectivity index (χ0n) is 12.5. The van der Waals surface area contributed by atoms with E-state index >= 15 is 0 Å². The summed E-state index contributed by atoms with van der Waals surface area (Å²) >= 11 is 1.84. The molecule has 1 N–H and O–H groups in total. The van der Waals surface area contributed by atoms with E-state index in [1.165, 1.54) is 4.90 Å². The lowest BCUT2D eigenvalue weighted by Crippen LogP contribution is -2.04. The van der Waals surface area contributed by atoms with Gasteiger partial charge < -0.3 is 5.32 Å². The van der Waals surface area contributed by atoms with E-state index in [1.807, 2.05) is 18.8 Å². The molecule has 0 fully saturated rings. The summed E-state index contributed by atoms with van der Waals surface area (Å²) < 4.78 is 0. The van der Waals surface area contributed by atoms with E-state index in [9.17, 15) is 0 Å². The van der Waals surface area contributed by atoms with Crippen molar-refractivity contribution in [1.29, 1.82) is 0 Å². The average molecular weight is 287 g/mol. The van der Waals surface area contributed by atoms with E-state index in [0.29, 0.717) is 0 Å². The van der Waals surface area contributed by atoms with Gasteiger partial charge in [-0.3, -0.25) is 0 Å². The lowest BCUT2D eigenvalue weighted by atomic mass is 10.1. The molecule has 4 heteroatoms. The van der Waals surface area contributed by atoms with Crippen molar-refractivity contribution in [2.45, 2.75) is 32.1 Å². The first-order valence-electron chi connectivity index (χ1n) is 6.98. The van der Waals surface area contributed by atoms with Crippen LogP contribution in [0.3, 0.4) is 0 Å². The second kappa shape index (κ2) is 6.75. The first-order chi connectivity index (χ1) is 9.69. The van der Waals surface area contributed by atoms with Crippen molar-refractivity contribution in [1.82, 2.24) is 9.97 Å². The predicted octanol–water partition coefficient (Wildman–Crippen LogP) is 4.17. The maximum Gasteiger partial charge on any atom is 0.161 e. The maximum absolute atomic E-state index is 4.69. The van der Waals surface area contributed by atoms with Crippen LogP contribution in [-0.2, 0) is 6.42 Å². The van der Waals surface area contributed by atoms with Gasteiger partial charge in [0.05, 0.1) is 0 Å². The van der Waals surface area contributed by atoms with Crippen LogP contribution in [-0.4, -0.2) is 22.8 Å². The first-order valence-corrected chi connectivity index (χ1v) is 7.96. The van der Waals surface area contributed by atoms with E-state index < -0.39 is 0 Å².